The predicted molar refractivity (Wildman–Crippen MR) is 137 cm³/mol. The van der Waals surface area contributed by atoms with Crippen LogP contribution in [0, 0.1) is 5.41 Å². The lowest BCUT2D eigenvalue weighted by Gasteiger charge is -2.37. The van der Waals surface area contributed by atoms with Gasteiger partial charge in [-0.15, -0.1) is 0 Å². The number of amides is 1. The smallest absolute Gasteiger partial charge is 0.427 e. The highest BCUT2D eigenvalue weighted by Crippen LogP contribution is 2.43. The van der Waals surface area contributed by atoms with Gasteiger partial charge in [-0.2, -0.15) is 18.3 Å². The Hall–Kier alpha value is -3.20. The third-order valence-electron chi connectivity index (χ3n) is 6.63. The van der Waals surface area contributed by atoms with Gasteiger partial charge in [-0.1, -0.05) is 11.6 Å². The van der Waals surface area contributed by atoms with Crippen molar-refractivity contribution in [1.82, 2.24) is 9.78 Å². The van der Waals surface area contributed by atoms with E-state index in [4.69, 9.17) is 16.3 Å². The summed E-state index contributed by atoms with van der Waals surface area (Å²) in [5.41, 5.74) is -4.17. The molecule has 1 aliphatic carbocycles. The quantitative estimate of drug-likeness (QED) is 0.416. The molecule has 0 bridgehead atoms. The Morgan fingerprint density at radius 2 is 1.88 bits per heavy atom. The van der Waals surface area contributed by atoms with Crippen LogP contribution in [-0.2, 0) is 19.6 Å². The van der Waals surface area contributed by atoms with Gasteiger partial charge in [0, 0.05) is 18.3 Å². The lowest BCUT2D eigenvalue weighted by atomic mass is 9.86. The van der Waals surface area contributed by atoms with Crippen LogP contribution in [0.4, 0.5) is 29.3 Å². The summed E-state index contributed by atoms with van der Waals surface area (Å²) in [6.07, 6.45) is -4.23. The van der Waals surface area contributed by atoms with Crippen molar-refractivity contribution < 1.29 is 45.8 Å². The van der Waals surface area contributed by atoms with Crippen LogP contribution in [0.15, 0.2) is 29.3 Å². The summed E-state index contributed by atoms with van der Waals surface area (Å²) < 4.78 is 80.1. The Kier molecular flexibility index (Phi) is 7.45. The Bertz CT molecular complexity index is 1440. The Labute approximate surface area is 233 Å². The third kappa shape index (κ3) is 5.94. The van der Waals surface area contributed by atoms with Crippen LogP contribution in [-0.4, -0.2) is 59.8 Å². The highest BCUT2D eigenvalue weighted by atomic mass is 35.5. The van der Waals surface area contributed by atoms with Crippen molar-refractivity contribution >= 4 is 45.1 Å². The van der Waals surface area contributed by atoms with Gasteiger partial charge in [-0.3, -0.25) is 19.1 Å². The maximum absolute atomic E-state index is 13.9. The summed E-state index contributed by atoms with van der Waals surface area (Å²) in [6, 6.07) is 3.84. The van der Waals surface area contributed by atoms with Crippen molar-refractivity contribution in [3.05, 3.63) is 29.5 Å². The van der Waals surface area contributed by atoms with Crippen LogP contribution in [0.2, 0.25) is 5.15 Å². The number of hydrogen-bond donors (Lipinski definition) is 2. The molecule has 0 spiro atoms. The molecule has 1 fully saturated rings. The highest BCUT2D eigenvalue weighted by molar-refractivity contribution is 7.93. The van der Waals surface area contributed by atoms with Gasteiger partial charge in [0.25, 0.3) is 10.0 Å². The first-order valence-electron chi connectivity index (χ1n) is 12.2. The van der Waals surface area contributed by atoms with Crippen LogP contribution < -0.4 is 14.4 Å². The first-order valence-corrected chi connectivity index (χ1v) is 14.0. The molecule has 2 heterocycles. The third-order valence-corrected chi connectivity index (χ3v) is 8.80. The normalized spacial score (nSPS) is 18.1. The molecule has 1 aromatic carbocycles. The van der Waals surface area contributed by atoms with E-state index < -0.39 is 45.4 Å². The predicted octanol–water partition coefficient (Wildman–Crippen LogP) is 5.22. The number of rotatable bonds is 8. The molecule has 1 atom stereocenters. The summed E-state index contributed by atoms with van der Waals surface area (Å²) >= 11 is 6.22. The lowest BCUT2D eigenvalue weighted by molar-refractivity contribution is -0.242. The standard InChI is InChI=1S/C24H28ClF3N4O7S/c1-22(2,20(33)34)10-15-11-32(40(36,37)18-12-31(14-6-7-14)30-19(18)25)16-9-13(5-8-17(16)38-15)29-21(35)39-23(3,4)24(26,27)28/h5,8-9,12,14-15H,6-7,10-11H2,1-4H3,(H,29,35)(H,33,34). The summed E-state index contributed by atoms with van der Waals surface area (Å²) in [6.45, 7) is 4.01. The fraction of sp³-hybridized carbons (Fsp3) is 0.542. The molecule has 16 heteroatoms. The molecule has 220 valence electrons. The van der Waals surface area contributed by atoms with E-state index in [0.717, 1.165) is 17.1 Å². The first-order chi connectivity index (χ1) is 18.3. The van der Waals surface area contributed by atoms with Crippen molar-refractivity contribution in [3.63, 3.8) is 0 Å². The van der Waals surface area contributed by atoms with Gasteiger partial charge >= 0.3 is 18.2 Å². The van der Waals surface area contributed by atoms with E-state index in [0.29, 0.717) is 13.8 Å². The number of carbonyl (C=O) groups is 2. The number of nitrogens with zero attached hydrogens (tertiary/aromatic N) is 3. The molecule has 2 N–H and O–H groups in total. The zero-order valence-electron chi connectivity index (χ0n) is 22.0. The molecule has 1 saturated carbocycles. The number of aliphatic carboxylic acids is 1. The number of anilines is 2. The monoisotopic (exact) mass is 608 g/mol. The lowest BCUT2D eigenvalue weighted by Crippen LogP contribution is -2.46. The fourth-order valence-electron chi connectivity index (χ4n) is 3.98. The molecule has 11 nitrogen and oxygen atoms in total. The summed E-state index contributed by atoms with van der Waals surface area (Å²) in [7, 11) is -4.40. The van der Waals surface area contributed by atoms with Crippen LogP contribution in [0.3, 0.4) is 0 Å². The minimum absolute atomic E-state index is 0.0327. The molecular formula is C24H28ClF3N4O7S. The van der Waals surface area contributed by atoms with E-state index >= 15 is 0 Å². The van der Waals surface area contributed by atoms with E-state index in [2.05, 4.69) is 15.2 Å². The van der Waals surface area contributed by atoms with Crippen LogP contribution in [0.5, 0.6) is 5.75 Å². The molecule has 2 aliphatic rings. The molecule has 0 saturated heterocycles. The highest BCUT2D eigenvalue weighted by Gasteiger charge is 2.51. The second-order valence-corrected chi connectivity index (χ2v) is 13.1. The topological polar surface area (TPSA) is 140 Å². The van der Waals surface area contributed by atoms with E-state index in [-0.39, 0.29) is 46.2 Å². The fourth-order valence-corrected chi connectivity index (χ4v) is 5.91. The molecular weight excluding hydrogens is 581 g/mol. The van der Waals surface area contributed by atoms with Gasteiger partial charge in [0.1, 0.15) is 16.7 Å². The van der Waals surface area contributed by atoms with Crippen molar-refractivity contribution in [2.45, 2.75) is 75.8 Å². The summed E-state index contributed by atoms with van der Waals surface area (Å²) in [5, 5.41) is 15.6. The molecule has 0 radical (unpaired) electrons. The molecule has 4 rings (SSSR count). The Balaban J connectivity index is 1.70. The number of halogens is 4. The minimum atomic E-state index is -4.83. The zero-order valence-corrected chi connectivity index (χ0v) is 23.5. The van der Waals surface area contributed by atoms with Crippen molar-refractivity contribution in [2.24, 2.45) is 5.41 Å². The number of hydrogen-bond acceptors (Lipinski definition) is 7. The molecule has 1 unspecified atom stereocenters. The summed E-state index contributed by atoms with van der Waals surface area (Å²) in [4.78, 5) is 23.7. The molecule has 1 aromatic heterocycles. The number of benzene rings is 1. The van der Waals surface area contributed by atoms with Crippen LogP contribution >= 0.6 is 11.6 Å². The van der Waals surface area contributed by atoms with Gasteiger partial charge in [0.05, 0.1) is 23.7 Å². The van der Waals surface area contributed by atoms with Gasteiger partial charge in [0.15, 0.2) is 5.15 Å². The largest absolute Gasteiger partial charge is 0.486 e. The average Bonchev–Trinajstić information content (AvgIpc) is 3.58. The number of carboxylic acids is 1. The van der Waals surface area contributed by atoms with Crippen LogP contribution in [0.25, 0.3) is 0 Å². The maximum Gasteiger partial charge on any atom is 0.427 e. The Morgan fingerprint density at radius 3 is 2.45 bits per heavy atom. The van der Waals surface area contributed by atoms with Crippen LogP contribution in [0.1, 0.15) is 53.0 Å². The second-order valence-electron chi connectivity index (χ2n) is 10.9. The van der Waals surface area contributed by atoms with Gasteiger partial charge < -0.3 is 14.6 Å². The number of ether oxygens (including phenoxy) is 2. The minimum Gasteiger partial charge on any atom is -0.486 e. The molecule has 1 aliphatic heterocycles. The van der Waals surface area contributed by atoms with E-state index in [1.54, 1.807) is 0 Å². The van der Waals surface area contributed by atoms with Crippen molar-refractivity contribution in [1.29, 1.82) is 0 Å². The average molecular weight is 609 g/mol. The maximum atomic E-state index is 13.9. The summed E-state index contributed by atoms with van der Waals surface area (Å²) in [5.74, 6) is -1.06. The van der Waals surface area contributed by atoms with E-state index in [1.807, 2.05) is 0 Å². The first kappa shape index (κ1) is 29.8. The number of nitrogens with one attached hydrogen (secondary N) is 1. The number of carbonyl (C=O) groups excluding carboxylic acids is 1. The zero-order chi connectivity index (χ0) is 29.8. The Morgan fingerprint density at radius 1 is 1.23 bits per heavy atom. The molecule has 1 amide bonds. The molecule has 2 aromatic rings. The van der Waals surface area contributed by atoms with Crippen molar-refractivity contribution in [3.8, 4) is 5.75 Å². The van der Waals surface area contributed by atoms with E-state index in [9.17, 15) is 36.3 Å². The number of carboxylic acid groups (broad SMARTS) is 1. The van der Waals surface area contributed by atoms with E-state index in [1.165, 1.54) is 42.9 Å². The van der Waals surface area contributed by atoms with Gasteiger partial charge in [-0.25, -0.2) is 13.2 Å². The van der Waals surface area contributed by atoms with Gasteiger partial charge in [-0.05, 0) is 58.7 Å². The number of aromatic nitrogens is 2. The number of alkyl halides is 3. The SMILES string of the molecule is CC(C)(CC1CN(S(=O)(=O)c2cn(C3CC3)nc2Cl)c2cc(NC(=O)OC(C)(C)C(F)(F)F)ccc2O1)C(=O)O. The number of fused-ring (bicyclic) bond motifs is 1. The second kappa shape index (κ2) is 10.0. The number of sulfonamides is 1. The van der Waals surface area contributed by atoms with Gasteiger partial charge in [0.2, 0.25) is 5.60 Å². The molecule has 40 heavy (non-hydrogen) atoms. The van der Waals surface area contributed by atoms with Crippen molar-refractivity contribution in [2.75, 3.05) is 16.2 Å².